The molecule has 15 nitrogen and oxygen atoms in total. The number of halogens is 1. The molecule has 17 heteroatoms. The molecule has 8 rings (SSSR count). The number of fused-ring (bicyclic) bond motifs is 4. The Morgan fingerprint density at radius 3 is 2.45 bits per heavy atom. The van der Waals surface area contributed by atoms with Crippen LogP contribution in [0.5, 0.6) is 0 Å². The average Bonchev–Trinajstić information content (AvgIpc) is 3.78. The summed E-state index contributed by atoms with van der Waals surface area (Å²) >= 11 is 7.91. The number of amides is 5. The van der Waals surface area contributed by atoms with E-state index in [-0.39, 0.29) is 55.0 Å². The van der Waals surface area contributed by atoms with Gasteiger partial charge in [-0.3, -0.25) is 53.4 Å². The van der Waals surface area contributed by atoms with Crippen LogP contribution in [0, 0.1) is 20.8 Å². The number of Topliss-reactive ketones (excluding diaryl/α,β-unsaturated/α-hetero) is 1. The smallest absolute Gasteiger partial charge is 0.264 e. The van der Waals surface area contributed by atoms with Crippen LogP contribution in [0.3, 0.4) is 0 Å². The molecule has 1 unspecified atom stereocenters. The summed E-state index contributed by atoms with van der Waals surface area (Å²) in [6, 6.07) is 10.9. The maximum absolute atomic E-state index is 13.7. The van der Waals surface area contributed by atoms with Crippen LogP contribution in [-0.2, 0) is 19.2 Å². The number of piperazine rings is 1. The van der Waals surface area contributed by atoms with Crippen LogP contribution in [0.4, 0.5) is 5.69 Å². The van der Waals surface area contributed by atoms with E-state index in [0.29, 0.717) is 55.7 Å². The number of thiophene rings is 1. The van der Waals surface area contributed by atoms with Gasteiger partial charge in [0.05, 0.1) is 23.4 Å². The Kier molecular flexibility index (Phi) is 10.8. The van der Waals surface area contributed by atoms with E-state index in [9.17, 15) is 28.8 Å². The molecule has 2 fully saturated rings. The quantitative estimate of drug-likeness (QED) is 0.165. The molecule has 2 N–H and O–H groups in total. The van der Waals surface area contributed by atoms with Gasteiger partial charge in [0, 0.05) is 78.7 Å². The third-order valence-corrected chi connectivity index (χ3v) is 12.7. The normalized spacial score (nSPS) is 19.3. The zero-order chi connectivity index (χ0) is 40.8. The van der Waals surface area contributed by atoms with Gasteiger partial charge in [0.1, 0.15) is 28.7 Å². The summed E-state index contributed by atoms with van der Waals surface area (Å²) in [6.45, 7) is 8.79. The second kappa shape index (κ2) is 16.0. The highest BCUT2D eigenvalue weighted by molar-refractivity contribution is 7.15. The molecule has 0 radical (unpaired) electrons. The highest BCUT2D eigenvalue weighted by Gasteiger charge is 2.45. The predicted molar refractivity (Wildman–Crippen MR) is 217 cm³/mol. The van der Waals surface area contributed by atoms with Crippen molar-refractivity contribution in [2.45, 2.75) is 65.0 Å². The first-order chi connectivity index (χ1) is 27.9. The number of imide groups is 2. The summed E-state index contributed by atoms with van der Waals surface area (Å²) in [4.78, 5) is 88.7. The van der Waals surface area contributed by atoms with Gasteiger partial charge < -0.3 is 10.2 Å². The van der Waals surface area contributed by atoms with E-state index in [1.165, 1.54) is 4.88 Å². The molecular formula is C41H42ClN9O6S. The van der Waals surface area contributed by atoms with Crippen LogP contribution in [0.1, 0.15) is 92.1 Å². The molecule has 4 aliphatic heterocycles. The van der Waals surface area contributed by atoms with Crippen molar-refractivity contribution in [2.75, 3.05) is 44.6 Å². The number of piperidine rings is 1. The number of nitrogens with zero attached hydrogens (tertiary/aromatic N) is 7. The standard InChI is InChI=1S/C41H42ClN9O6S/c1-22-23(2)58-41-34(22)36(25-9-11-26(42)12-10-25)44-30(37-47-46-24(3)50(37)41)20-27(52)21-48-16-18-49(19-17-48)33(54)8-5-15-43-29-7-4-6-28-35(29)40(57)51(39(28)56)31-13-14-32(53)45-38(31)55/h4,6-7,9-12,30-31,43H,5,8,13-21H2,1-3H3,(H,45,53,55)/t30-,31?/m0/s1. The molecule has 300 valence electrons. The lowest BCUT2D eigenvalue weighted by atomic mass is 9.99. The Labute approximate surface area is 343 Å². The number of hydrogen-bond acceptors (Lipinski definition) is 12. The van der Waals surface area contributed by atoms with Gasteiger partial charge >= 0.3 is 0 Å². The highest BCUT2D eigenvalue weighted by Crippen LogP contribution is 2.40. The van der Waals surface area contributed by atoms with Crippen molar-refractivity contribution in [1.29, 1.82) is 0 Å². The molecule has 4 aliphatic rings. The van der Waals surface area contributed by atoms with Gasteiger partial charge in [-0.2, -0.15) is 0 Å². The summed E-state index contributed by atoms with van der Waals surface area (Å²) in [5.41, 5.74) is 4.66. The monoisotopic (exact) mass is 823 g/mol. The van der Waals surface area contributed by atoms with Crippen LogP contribution >= 0.6 is 22.9 Å². The minimum Gasteiger partial charge on any atom is -0.384 e. The fraction of sp³-hybridized carbons (Fsp3) is 0.390. The fourth-order valence-electron chi connectivity index (χ4n) is 8.10. The number of aliphatic imine (C=N–C) groups is 1. The van der Waals surface area contributed by atoms with Crippen molar-refractivity contribution in [2.24, 2.45) is 4.99 Å². The molecular weight excluding hydrogens is 782 g/mol. The number of ketones is 1. The maximum atomic E-state index is 13.7. The molecule has 2 saturated heterocycles. The third kappa shape index (κ3) is 7.35. The molecule has 2 aromatic heterocycles. The van der Waals surface area contributed by atoms with Gasteiger partial charge in [-0.15, -0.1) is 21.5 Å². The van der Waals surface area contributed by atoms with Gasteiger partial charge in [0.2, 0.25) is 17.7 Å². The van der Waals surface area contributed by atoms with Gasteiger partial charge in [-0.05, 0) is 63.4 Å². The summed E-state index contributed by atoms with van der Waals surface area (Å²) in [5.74, 6) is -0.875. The second-order valence-electron chi connectivity index (χ2n) is 15.0. The number of carbonyl (C=O) groups is 6. The molecule has 5 amide bonds. The second-order valence-corrected chi connectivity index (χ2v) is 16.6. The van der Waals surface area contributed by atoms with Crippen molar-refractivity contribution in [1.82, 2.24) is 34.8 Å². The van der Waals surface area contributed by atoms with E-state index in [2.05, 4.69) is 39.6 Å². The minimum absolute atomic E-state index is 0.00317. The number of carbonyl (C=O) groups excluding carboxylic acids is 6. The van der Waals surface area contributed by atoms with Crippen molar-refractivity contribution in [3.8, 4) is 5.00 Å². The SMILES string of the molecule is Cc1sc2c(c1C)C(c1ccc(Cl)cc1)=N[C@@H](CC(=O)CN1CCN(C(=O)CCCNc3cccc4c3C(=O)N(C3CCC(=O)NC3=O)C4=O)CC1)c1nnc(C)n1-2. The topological polar surface area (TPSA) is 179 Å². The number of aryl methyl sites for hydroxylation is 2. The molecule has 0 spiro atoms. The van der Waals surface area contributed by atoms with Crippen molar-refractivity contribution in [3.63, 3.8) is 0 Å². The molecule has 2 atom stereocenters. The number of aromatic nitrogens is 3. The van der Waals surface area contributed by atoms with Crippen LogP contribution in [0.2, 0.25) is 5.02 Å². The number of rotatable bonds is 11. The summed E-state index contributed by atoms with van der Waals surface area (Å²) < 4.78 is 2.04. The number of anilines is 1. The molecule has 2 aromatic carbocycles. The van der Waals surface area contributed by atoms with Gasteiger partial charge in [-0.25, -0.2) is 0 Å². The summed E-state index contributed by atoms with van der Waals surface area (Å²) in [5, 5.41) is 15.9. The van der Waals surface area contributed by atoms with Crippen molar-refractivity contribution in [3.05, 3.63) is 91.8 Å². The van der Waals surface area contributed by atoms with E-state index in [0.717, 1.165) is 38.1 Å². The Balaban J connectivity index is 0.849. The average molecular weight is 824 g/mol. The van der Waals surface area contributed by atoms with E-state index in [4.69, 9.17) is 16.6 Å². The van der Waals surface area contributed by atoms with Crippen LogP contribution in [0.15, 0.2) is 47.5 Å². The lowest BCUT2D eigenvalue weighted by molar-refractivity contribution is -0.136. The largest absolute Gasteiger partial charge is 0.384 e. The van der Waals surface area contributed by atoms with E-state index in [1.54, 1.807) is 29.5 Å². The molecule has 0 bridgehead atoms. The minimum atomic E-state index is -1.05. The molecule has 0 aliphatic carbocycles. The highest BCUT2D eigenvalue weighted by atomic mass is 35.5. The number of nitrogens with one attached hydrogen (secondary N) is 2. The third-order valence-electron chi connectivity index (χ3n) is 11.3. The summed E-state index contributed by atoms with van der Waals surface area (Å²) in [7, 11) is 0. The van der Waals surface area contributed by atoms with Gasteiger partial charge in [0.25, 0.3) is 11.8 Å². The first kappa shape index (κ1) is 39.3. The van der Waals surface area contributed by atoms with Crippen LogP contribution in [0.25, 0.3) is 5.00 Å². The van der Waals surface area contributed by atoms with Crippen molar-refractivity contribution >= 4 is 69.7 Å². The Morgan fingerprint density at radius 2 is 1.71 bits per heavy atom. The number of benzene rings is 2. The van der Waals surface area contributed by atoms with E-state index in [1.807, 2.05) is 40.7 Å². The summed E-state index contributed by atoms with van der Waals surface area (Å²) in [6.07, 6.45) is 1.02. The Morgan fingerprint density at radius 1 is 0.948 bits per heavy atom. The van der Waals surface area contributed by atoms with E-state index >= 15 is 0 Å². The maximum Gasteiger partial charge on any atom is 0.264 e. The zero-order valence-corrected chi connectivity index (χ0v) is 33.9. The molecule has 58 heavy (non-hydrogen) atoms. The first-order valence-electron chi connectivity index (χ1n) is 19.4. The Bertz CT molecular complexity index is 2400. The van der Waals surface area contributed by atoms with Crippen LogP contribution in [-0.4, -0.2) is 116 Å². The molecule has 6 heterocycles. The van der Waals surface area contributed by atoms with E-state index < -0.39 is 35.7 Å². The Hall–Kier alpha value is -5.58. The van der Waals surface area contributed by atoms with Gasteiger partial charge in [-0.1, -0.05) is 29.8 Å². The van der Waals surface area contributed by atoms with Gasteiger partial charge in [0.15, 0.2) is 5.82 Å². The lowest BCUT2D eigenvalue weighted by Gasteiger charge is -2.34. The molecule has 0 saturated carbocycles. The zero-order valence-electron chi connectivity index (χ0n) is 32.3. The lowest BCUT2D eigenvalue weighted by Crippen LogP contribution is -2.54. The predicted octanol–water partition coefficient (Wildman–Crippen LogP) is 4.20. The fourth-order valence-corrected chi connectivity index (χ4v) is 9.44. The molecule has 4 aromatic rings. The van der Waals surface area contributed by atoms with Crippen LogP contribution < -0.4 is 10.6 Å². The van der Waals surface area contributed by atoms with Crippen molar-refractivity contribution < 1.29 is 28.8 Å². The number of hydrogen-bond donors (Lipinski definition) is 2. The first-order valence-corrected chi connectivity index (χ1v) is 20.6.